The monoisotopic (exact) mass is 497 g/mol. The number of pyridine rings is 1. The van der Waals surface area contributed by atoms with Gasteiger partial charge in [0.25, 0.3) is 5.91 Å². The van der Waals surface area contributed by atoms with Crippen LogP contribution in [0.4, 0.5) is 11.5 Å². The first-order chi connectivity index (χ1) is 17.9. The number of carbonyl (C=O) groups is 2. The van der Waals surface area contributed by atoms with Crippen LogP contribution in [0.1, 0.15) is 52.1 Å². The van der Waals surface area contributed by atoms with Crippen molar-refractivity contribution < 1.29 is 9.59 Å². The van der Waals surface area contributed by atoms with Gasteiger partial charge in [-0.1, -0.05) is 12.8 Å². The van der Waals surface area contributed by atoms with Gasteiger partial charge in [-0.25, -0.2) is 4.98 Å². The lowest BCUT2D eigenvalue weighted by molar-refractivity contribution is 0.0817. The van der Waals surface area contributed by atoms with E-state index in [1.54, 1.807) is 31.4 Å². The zero-order chi connectivity index (χ0) is 25.9. The molecule has 4 aromatic rings. The zero-order valence-electron chi connectivity index (χ0n) is 21.3. The smallest absolute Gasteiger partial charge is 0.270 e. The van der Waals surface area contributed by atoms with Crippen LogP contribution >= 0.6 is 0 Å². The molecule has 0 bridgehead atoms. The second-order valence-corrected chi connectivity index (χ2v) is 9.63. The third-order valence-corrected chi connectivity index (χ3v) is 7.09. The van der Waals surface area contributed by atoms with Gasteiger partial charge < -0.3 is 10.6 Å². The molecular formula is C28H31N7O2. The number of nitrogens with zero attached hydrogens (tertiary/aromatic N) is 5. The fourth-order valence-corrected chi connectivity index (χ4v) is 5.11. The number of ketones is 1. The molecule has 1 atom stereocenters. The Morgan fingerprint density at radius 1 is 0.946 bits per heavy atom. The third kappa shape index (κ3) is 5.16. The minimum atomic E-state index is -0.562. The van der Waals surface area contributed by atoms with Crippen LogP contribution in [0.15, 0.2) is 61.1 Å². The van der Waals surface area contributed by atoms with Crippen LogP contribution in [0.5, 0.6) is 0 Å². The van der Waals surface area contributed by atoms with Gasteiger partial charge in [0, 0.05) is 43.3 Å². The molecule has 0 radical (unpaired) electrons. The number of Topliss-reactive ketones (excluding diaryl/α,β-unsaturated/α-hetero) is 1. The van der Waals surface area contributed by atoms with E-state index >= 15 is 0 Å². The highest BCUT2D eigenvalue weighted by atomic mass is 16.2. The van der Waals surface area contributed by atoms with Crippen LogP contribution in [0.3, 0.4) is 0 Å². The van der Waals surface area contributed by atoms with Crippen LogP contribution in [0, 0.1) is 12.8 Å². The van der Waals surface area contributed by atoms with Crippen molar-refractivity contribution in [3.8, 4) is 11.3 Å². The Morgan fingerprint density at radius 3 is 2.30 bits per heavy atom. The maximum atomic E-state index is 13.5. The van der Waals surface area contributed by atoms with Crippen molar-refractivity contribution in [2.45, 2.75) is 38.6 Å². The van der Waals surface area contributed by atoms with E-state index in [2.05, 4.69) is 25.8 Å². The summed E-state index contributed by atoms with van der Waals surface area (Å²) in [5.41, 5.74) is 4.96. The summed E-state index contributed by atoms with van der Waals surface area (Å²) in [6.45, 7) is 2.03. The second kappa shape index (κ2) is 10.4. The van der Waals surface area contributed by atoms with Crippen LogP contribution in [-0.4, -0.2) is 42.3 Å². The normalized spacial score (nSPS) is 14.5. The summed E-state index contributed by atoms with van der Waals surface area (Å²) in [4.78, 5) is 30.9. The fraction of sp³-hybridized carbons (Fsp3) is 0.321. The van der Waals surface area contributed by atoms with Crippen molar-refractivity contribution in [3.05, 3.63) is 77.9 Å². The highest BCUT2D eigenvalue weighted by Crippen LogP contribution is 2.30. The number of anilines is 2. The summed E-state index contributed by atoms with van der Waals surface area (Å²) in [6, 6.07) is 12.4. The summed E-state index contributed by atoms with van der Waals surface area (Å²) in [7, 11) is 3.63. The van der Waals surface area contributed by atoms with Gasteiger partial charge in [-0.2, -0.15) is 10.2 Å². The Labute approximate surface area is 215 Å². The van der Waals surface area contributed by atoms with Gasteiger partial charge >= 0.3 is 0 Å². The lowest BCUT2D eigenvalue weighted by Gasteiger charge is -2.23. The van der Waals surface area contributed by atoms with Crippen LogP contribution in [-0.2, 0) is 14.1 Å². The number of carbonyl (C=O) groups excluding carboxylic acids is 2. The molecule has 1 aromatic carbocycles. The first-order valence-corrected chi connectivity index (χ1v) is 12.6. The zero-order valence-corrected chi connectivity index (χ0v) is 21.3. The molecule has 0 aliphatic heterocycles. The van der Waals surface area contributed by atoms with E-state index in [-0.39, 0.29) is 17.6 Å². The molecule has 1 saturated carbocycles. The van der Waals surface area contributed by atoms with Crippen LogP contribution < -0.4 is 10.6 Å². The number of aryl methyl sites for hydroxylation is 3. The number of amides is 1. The Morgan fingerprint density at radius 2 is 1.70 bits per heavy atom. The molecule has 5 rings (SSSR count). The Kier molecular flexibility index (Phi) is 6.85. The topological polar surface area (TPSA) is 107 Å². The largest absolute Gasteiger partial charge is 0.340 e. The van der Waals surface area contributed by atoms with E-state index in [1.165, 1.54) is 4.68 Å². The molecule has 2 N–H and O–H groups in total. The van der Waals surface area contributed by atoms with Gasteiger partial charge in [-0.3, -0.25) is 19.0 Å². The molecule has 9 heteroatoms. The van der Waals surface area contributed by atoms with Crippen molar-refractivity contribution in [1.82, 2.24) is 29.9 Å². The average Bonchev–Trinajstić information content (AvgIpc) is 3.65. The van der Waals surface area contributed by atoms with Gasteiger partial charge in [0.2, 0.25) is 0 Å². The first kappa shape index (κ1) is 24.4. The summed E-state index contributed by atoms with van der Waals surface area (Å²) >= 11 is 0. The molecule has 0 unspecified atom stereocenters. The van der Waals surface area contributed by atoms with Gasteiger partial charge in [-0.15, -0.1) is 0 Å². The predicted octanol–water partition coefficient (Wildman–Crippen LogP) is 4.44. The van der Waals surface area contributed by atoms with Crippen molar-refractivity contribution in [2.24, 2.45) is 20.0 Å². The van der Waals surface area contributed by atoms with Gasteiger partial charge in [0.1, 0.15) is 11.5 Å². The van der Waals surface area contributed by atoms with Crippen LogP contribution in [0.25, 0.3) is 11.3 Å². The molecule has 0 saturated heterocycles. The summed E-state index contributed by atoms with van der Waals surface area (Å²) in [5.74, 6) is 0.491. The highest BCUT2D eigenvalue weighted by molar-refractivity contribution is 6.04. The quantitative estimate of drug-likeness (QED) is 0.349. The van der Waals surface area contributed by atoms with Crippen molar-refractivity contribution in [1.29, 1.82) is 0 Å². The molecule has 3 aromatic heterocycles. The minimum absolute atomic E-state index is 0.0667. The van der Waals surface area contributed by atoms with Crippen LogP contribution in [0.2, 0.25) is 0 Å². The number of hydrogen-bond acceptors (Lipinski definition) is 6. The first-order valence-electron chi connectivity index (χ1n) is 12.6. The number of rotatable bonds is 8. The third-order valence-electron chi connectivity index (χ3n) is 7.09. The maximum Gasteiger partial charge on any atom is 0.270 e. The maximum absolute atomic E-state index is 13.5. The van der Waals surface area contributed by atoms with Crippen molar-refractivity contribution in [3.63, 3.8) is 0 Å². The fourth-order valence-electron chi connectivity index (χ4n) is 5.11. The van der Waals surface area contributed by atoms with E-state index in [4.69, 9.17) is 0 Å². The average molecular weight is 498 g/mol. The molecule has 9 nitrogen and oxygen atoms in total. The predicted molar refractivity (Wildman–Crippen MR) is 142 cm³/mol. The van der Waals surface area contributed by atoms with E-state index in [1.807, 2.05) is 55.3 Å². The number of nitrogens with one attached hydrogen (secondary N) is 2. The summed E-state index contributed by atoms with van der Waals surface area (Å²) in [6.07, 6.45) is 9.25. The second-order valence-electron chi connectivity index (χ2n) is 9.63. The lowest BCUT2D eigenvalue weighted by atomic mass is 9.90. The molecule has 37 heavy (non-hydrogen) atoms. The molecule has 1 amide bonds. The van der Waals surface area contributed by atoms with Crippen molar-refractivity contribution >= 4 is 23.2 Å². The van der Waals surface area contributed by atoms with E-state index in [0.29, 0.717) is 17.1 Å². The number of benzene rings is 1. The molecule has 3 heterocycles. The molecule has 1 aliphatic rings. The van der Waals surface area contributed by atoms with Crippen molar-refractivity contribution in [2.75, 3.05) is 5.32 Å². The Hall–Kier alpha value is -4.27. The molecule has 1 fully saturated rings. The van der Waals surface area contributed by atoms with Gasteiger partial charge in [0.05, 0.1) is 17.9 Å². The summed E-state index contributed by atoms with van der Waals surface area (Å²) in [5, 5.41) is 14.7. The standard InChI is InChI=1S/C28H31N7O2/c1-18-16-31-35(3)26(18)21-10-13-24(29-17-21)32-22-11-8-20(9-12-22)27(36)25(19-6-4-5-7-19)33-28(37)23-14-15-30-34(23)2/h8-17,19,25H,4-7H2,1-3H3,(H,29,32)(H,33,37)/t25-/m0/s1. The van der Waals surface area contributed by atoms with Gasteiger partial charge in [0.15, 0.2) is 5.78 Å². The molecule has 0 spiro atoms. The number of aromatic nitrogens is 5. The molecule has 1 aliphatic carbocycles. The Bertz CT molecular complexity index is 1380. The summed E-state index contributed by atoms with van der Waals surface area (Å²) < 4.78 is 3.36. The minimum Gasteiger partial charge on any atom is -0.340 e. The van der Waals surface area contributed by atoms with E-state index in [9.17, 15) is 9.59 Å². The highest BCUT2D eigenvalue weighted by Gasteiger charge is 2.33. The van der Waals surface area contributed by atoms with E-state index in [0.717, 1.165) is 48.2 Å². The molecular weight excluding hydrogens is 466 g/mol. The van der Waals surface area contributed by atoms with E-state index < -0.39 is 6.04 Å². The SMILES string of the molecule is Cc1cnn(C)c1-c1ccc(Nc2ccc(C(=O)[C@@H](NC(=O)c3ccnn3C)C3CCCC3)cc2)nc1. The number of hydrogen-bond donors (Lipinski definition) is 2. The Balaban J connectivity index is 1.29. The lowest BCUT2D eigenvalue weighted by Crippen LogP contribution is -2.45. The van der Waals surface area contributed by atoms with Gasteiger partial charge in [-0.05, 0) is 73.7 Å². The molecule has 190 valence electrons.